The number of aromatic hydroxyl groups is 1. The van der Waals surface area contributed by atoms with Gasteiger partial charge in [-0.25, -0.2) is 0 Å². The number of amides is 10. The third-order valence-corrected chi connectivity index (χ3v) is 12.6. The first-order valence-electron chi connectivity index (χ1n) is 22.8. The second-order valence-corrected chi connectivity index (χ2v) is 18.8. The van der Waals surface area contributed by atoms with Crippen molar-refractivity contribution < 1.29 is 63.0 Å². The van der Waals surface area contributed by atoms with E-state index in [9.17, 15) is 57.8 Å². The smallest absolute Gasteiger partial charge is 0.322 e. The summed E-state index contributed by atoms with van der Waals surface area (Å²) in [6, 6.07) is -5.08. The summed E-state index contributed by atoms with van der Waals surface area (Å²) in [6.07, 6.45) is -0.779. The fraction of sp³-hybridized carbons (Fsp3) is 0.614. The van der Waals surface area contributed by atoms with Gasteiger partial charge < -0.3 is 69.5 Å². The summed E-state index contributed by atoms with van der Waals surface area (Å²) in [5.41, 5.74) is 17.8. The number of hydrogen-bond acceptors (Lipinski definition) is 14. The van der Waals surface area contributed by atoms with E-state index in [1.54, 1.807) is 27.7 Å². The Hall–Kier alpha value is -6.50. The third-order valence-electron chi connectivity index (χ3n) is 11.6. The van der Waals surface area contributed by atoms with Crippen LogP contribution in [0.1, 0.15) is 84.6 Å². The predicted octanol–water partition coefficient (Wildman–Crippen LogP) is -3.27. The summed E-state index contributed by atoms with van der Waals surface area (Å²) in [5, 5.41) is 36.6. The van der Waals surface area contributed by atoms with Crippen LogP contribution in [0.2, 0.25) is 0 Å². The molecule has 0 bridgehead atoms. The maximum absolute atomic E-state index is 14.5. The van der Waals surface area contributed by atoms with Crippen molar-refractivity contribution in [2.24, 2.45) is 29.0 Å². The molecule has 1 aromatic rings. The topological polar surface area (TPSA) is 394 Å². The number of benzene rings is 1. The normalized spacial score (nSPS) is 24.3. The van der Waals surface area contributed by atoms with Crippen molar-refractivity contribution in [1.29, 1.82) is 0 Å². The second-order valence-electron chi connectivity index (χ2n) is 17.6. The molecule has 69 heavy (non-hydrogen) atoms. The van der Waals surface area contributed by atoms with E-state index in [1.165, 1.54) is 29.2 Å². The van der Waals surface area contributed by atoms with E-state index >= 15 is 0 Å². The maximum Gasteiger partial charge on any atom is 0.322 e. The van der Waals surface area contributed by atoms with Crippen LogP contribution in [0.3, 0.4) is 0 Å². The number of carbonyl (C=O) groups is 11. The molecule has 1 aromatic carbocycles. The molecular formula is C44H67N11O13S. The molecule has 9 atom stereocenters. The molecule has 2 aliphatic heterocycles. The van der Waals surface area contributed by atoms with Crippen molar-refractivity contribution in [2.75, 3.05) is 24.6 Å². The van der Waals surface area contributed by atoms with E-state index in [0.29, 0.717) is 18.4 Å². The number of aliphatic carboxylic acids is 1. The Morgan fingerprint density at radius 2 is 1.45 bits per heavy atom. The number of nitrogens with two attached hydrogens (primary N) is 3. The highest BCUT2D eigenvalue weighted by Crippen LogP contribution is 2.22. The number of hydrogen-bond donors (Lipinski definition) is 12. The molecular weight excluding hydrogens is 923 g/mol. The zero-order chi connectivity index (χ0) is 51.5. The number of phenolic OH excluding ortho intramolecular Hbond substituents is 1. The van der Waals surface area contributed by atoms with Gasteiger partial charge in [-0.05, 0) is 67.4 Å². The van der Waals surface area contributed by atoms with Crippen LogP contribution in [0.5, 0.6) is 5.75 Å². The Labute approximate surface area is 403 Å². The lowest BCUT2D eigenvalue weighted by molar-refractivity contribution is -0.142. The van der Waals surface area contributed by atoms with Gasteiger partial charge in [0.2, 0.25) is 59.1 Å². The van der Waals surface area contributed by atoms with Gasteiger partial charge in [-0.1, -0.05) is 46.2 Å². The third kappa shape index (κ3) is 18.5. The van der Waals surface area contributed by atoms with Gasteiger partial charge in [-0.2, -0.15) is 11.8 Å². The van der Waals surface area contributed by atoms with Crippen molar-refractivity contribution in [3.63, 3.8) is 0 Å². The molecule has 24 nitrogen and oxygen atoms in total. The standard InChI is InChI=1S/C44H67N11O13S/c1-5-23(4)36-43(67)49-27(12-13-33(46)57)39(63)51-30(19-34(47)58)40(64)53-31(21-69-16-14-26(45)37(61)50-29(41(65)54-36)18-24-8-10-25(56)11-9-24)44(68)55-15-6-7-32(55)42(66)52-28(17-22(2)3)38(62)48-20-35(59)60/h8-11,22-23,26-32,36,56H,5-7,12-21,45H2,1-4H3,(H2,46,57)(H2,47,58)(H,48,62)(H,49,67)(H,50,61)(H,51,63)(H,52,66)(H,53,64)(H,54,65)(H,59,60)/t23-,26?,27-,28-,29-,30-,31?,32-,36-/m0/s1. The Balaban J connectivity index is 2.05. The Kier molecular flexibility index (Phi) is 22.6. The quantitative estimate of drug-likeness (QED) is 0.0729. The molecule has 3 rings (SSSR count). The van der Waals surface area contributed by atoms with Crippen LogP contribution in [0.4, 0.5) is 0 Å². The average molecular weight is 990 g/mol. The summed E-state index contributed by atoms with van der Waals surface area (Å²) >= 11 is 1.08. The van der Waals surface area contributed by atoms with Gasteiger partial charge in [-0.15, -0.1) is 0 Å². The average Bonchev–Trinajstić information content (AvgIpc) is 3.78. The van der Waals surface area contributed by atoms with Gasteiger partial charge in [0, 0.05) is 25.1 Å². The Morgan fingerprint density at radius 1 is 0.826 bits per heavy atom. The summed E-state index contributed by atoms with van der Waals surface area (Å²) in [7, 11) is 0. The minimum absolute atomic E-state index is 0.0141. The largest absolute Gasteiger partial charge is 0.508 e. The Bertz CT molecular complexity index is 2040. The van der Waals surface area contributed by atoms with Crippen molar-refractivity contribution in [3.8, 4) is 5.75 Å². The lowest BCUT2D eigenvalue weighted by Crippen LogP contribution is -2.61. The molecule has 382 valence electrons. The fourth-order valence-electron chi connectivity index (χ4n) is 7.56. The van der Waals surface area contributed by atoms with E-state index in [2.05, 4.69) is 37.2 Å². The van der Waals surface area contributed by atoms with Gasteiger partial charge in [0.25, 0.3) is 0 Å². The molecule has 25 heteroatoms. The molecule has 2 heterocycles. The molecule has 0 aliphatic carbocycles. The number of likely N-dealkylation sites (tertiary alicyclic amines) is 1. The molecule has 15 N–H and O–H groups in total. The van der Waals surface area contributed by atoms with Crippen molar-refractivity contribution in [1.82, 2.24) is 42.1 Å². The summed E-state index contributed by atoms with van der Waals surface area (Å²) in [6.45, 7) is 6.32. The lowest BCUT2D eigenvalue weighted by Gasteiger charge is -2.31. The molecule has 0 saturated carbocycles. The van der Waals surface area contributed by atoms with Gasteiger partial charge in [0.15, 0.2) is 0 Å². The zero-order valence-corrected chi connectivity index (χ0v) is 40.1. The molecule has 2 aliphatic rings. The minimum atomic E-state index is -1.75. The number of phenols is 1. The number of primary amides is 2. The van der Waals surface area contributed by atoms with Gasteiger partial charge >= 0.3 is 5.97 Å². The number of nitrogens with zero attached hydrogens (tertiary/aromatic N) is 1. The minimum Gasteiger partial charge on any atom is -0.508 e. The first-order valence-corrected chi connectivity index (χ1v) is 24.0. The highest BCUT2D eigenvalue weighted by atomic mass is 32.2. The molecule has 0 spiro atoms. The van der Waals surface area contributed by atoms with Crippen LogP contribution < -0.4 is 54.4 Å². The van der Waals surface area contributed by atoms with Crippen LogP contribution in [0.15, 0.2) is 24.3 Å². The second kappa shape index (κ2) is 27.5. The first kappa shape index (κ1) is 56.8. The molecule has 2 fully saturated rings. The van der Waals surface area contributed by atoms with Gasteiger partial charge in [0.05, 0.1) is 12.5 Å². The van der Waals surface area contributed by atoms with Crippen molar-refractivity contribution in [2.45, 2.75) is 134 Å². The summed E-state index contributed by atoms with van der Waals surface area (Å²) in [4.78, 5) is 148. The van der Waals surface area contributed by atoms with Crippen molar-refractivity contribution in [3.05, 3.63) is 29.8 Å². The number of rotatable bonds is 17. The van der Waals surface area contributed by atoms with Gasteiger partial charge in [-0.3, -0.25) is 52.7 Å². The van der Waals surface area contributed by atoms with Crippen LogP contribution in [-0.4, -0.2) is 153 Å². The van der Waals surface area contributed by atoms with E-state index in [-0.39, 0.29) is 55.4 Å². The molecule has 2 unspecified atom stereocenters. The first-order chi connectivity index (χ1) is 32.5. The SMILES string of the molecule is CC[C@H](C)[C@@H]1NC(=O)[C@H](Cc2ccc(O)cc2)NC(=O)C(N)CCSCC(C(=O)N2CCC[C@H]2C(=O)N[C@@H](CC(C)C)C(=O)NCC(=O)O)NC(=O)[C@H](CC(N)=O)NC(=O)[C@H](CCC(N)=O)NC1=O. The van der Waals surface area contributed by atoms with Crippen LogP contribution in [-0.2, 0) is 59.2 Å². The number of nitrogens with one attached hydrogen (secondary N) is 7. The monoisotopic (exact) mass is 989 g/mol. The maximum atomic E-state index is 14.5. The number of carbonyl (C=O) groups excluding carboxylic acids is 10. The highest BCUT2D eigenvalue weighted by Gasteiger charge is 2.41. The lowest BCUT2D eigenvalue weighted by atomic mass is 9.96. The molecule has 10 amide bonds. The Morgan fingerprint density at radius 3 is 2.06 bits per heavy atom. The number of carboxylic acid groups (broad SMARTS) is 1. The predicted molar refractivity (Wildman–Crippen MR) is 250 cm³/mol. The van der Waals surface area contributed by atoms with Gasteiger partial charge in [0.1, 0.15) is 54.6 Å². The van der Waals surface area contributed by atoms with Crippen molar-refractivity contribution >= 4 is 76.8 Å². The molecule has 2 saturated heterocycles. The highest BCUT2D eigenvalue weighted by molar-refractivity contribution is 7.99. The summed E-state index contributed by atoms with van der Waals surface area (Å²) < 4.78 is 0. The summed E-state index contributed by atoms with van der Waals surface area (Å²) in [5.74, 6) is -10.8. The van der Waals surface area contributed by atoms with E-state index in [4.69, 9.17) is 22.3 Å². The van der Waals surface area contributed by atoms with E-state index < -0.39 is 145 Å². The number of thioether (sulfide) groups is 1. The van der Waals surface area contributed by atoms with Crippen LogP contribution >= 0.6 is 11.8 Å². The molecule has 0 radical (unpaired) electrons. The number of carboxylic acids is 1. The van der Waals surface area contributed by atoms with E-state index in [0.717, 1.165) is 11.8 Å². The van der Waals surface area contributed by atoms with Crippen LogP contribution in [0.25, 0.3) is 0 Å². The zero-order valence-electron chi connectivity index (χ0n) is 39.2. The van der Waals surface area contributed by atoms with Crippen LogP contribution in [0, 0.1) is 11.8 Å². The van der Waals surface area contributed by atoms with E-state index in [1.807, 2.05) is 0 Å². The molecule has 0 aromatic heterocycles. The fourth-order valence-corrected chi connectivity index (χ4v) is 8.61.